The van der Waals surface area contributed by atoms with Gasteiger partial charge in [0.2, 0.25) is 0 Å². The molecule has 0 aromatic carbocycles. The zero-order valence-corrected chi connectivity index (χ0v) is 10.3. The number of hydrogen-bond acceptors (Lipinski definition) is 1. The van der Waals surface area contributed by atoms with Crippen LogP contribution in [-0.4, -0.2) is 5.78 Å². The van der Waals surface area contributed by atoms with Crippen LogP contribution in [0.2, 0.25) is 0 Å². The van der Waals surface area contributed by atoms with Crippen molar-refractivity contribution in [3.05, 3.63) is 36.5 Å². The SMILES string of the molecule is C=C(C)/C=C\CC(C)(C)CC(=O)/C=C/C. The van der Waals surface area contributed by atoms with E-state index in [9.17, 15) is 4.79 Å². The van der Waals surface area contributed by atoms with Crippen molar-refractivity contribution in [1.82, 2.24) is 0 Å². The summed E-state index contributed by atoms with van der Waals surface area (Å²) in [6.07, 6.45) is 9.03. The Hall–Kier alpha value is -1.11. The average molecular weight is 206 g/mol. The predicted molar refractivity (Wildman–Crippen MR) is 66.8 cm³/mol. The molecule has 0 bridgehead atoms. The van der Waals surface area contributed by atoms with Crippen LogP contribution >= 0.6 is 0 Å². The van der Waals surface area contributed by atoms with E-state index in [0.717, 1.165) is 12.0 Å². The van der Waals surface area contributed by atoms with Crippen molar-refractivity contribution in [2.45, 2.75) is 40.5 Å². The van der Waals surface area contributed by atoms with Crippen LogP contribution in [0.3, 0.4) is 0 Å². The first-order chi connectivity index (χ1) is 6.87. The molecule has 0 aromatic rings. The van der Waals surface area contributed by atoms with Crippen molar-refractivity contribution in [2.24, 2.45) is 5.41 Å². The van der Waals surface area contributed by atoms with Crippen LogP contribution in [-0.2, 0) is 4.79 Å². The lowest BCUT2D eigenvalue weighted by atomic mass is 9.83. The molecule has 0 spiro atoms. The molecule has 15 heavy (non-hydrogen) atoms. The predicted octanol–water partition coefficient (Wildman–Crippen LogP) is 4.07. The molecular weight excluding hydrogens is 184 g/mol. The van der Waals surface area contributed by atoms with Crippen LogP contribution in [0.4, 0.5) is 0 Å². The quantitative estimate of drug-likeness (QED) is 0.473. The summed E-state index contributed by atoms with van der Waals surface area (Å²) >= 11 is 0. The summed E-state index contributed by atoms with van der Waals surface area (Å²) in [7, 11) is 0. The molecule has 0 saturated carbocycles. The number of ketones is 1. The zero-order chi connectivity index (χ0) is 11.9. The Balaban J connectivity index is 4.18. The maximum Gasteiger partial charge on any atom is 0.155 e. The van der Waals surface area contributed by atoms with Crippen molar-refractivity contribution in [3.8, 4) is 0 Å². The third-order valence-electron chi connectivity index (χ3n) is 2.08. The molecule has 0 saturated heterocycles. The second kappa shape index (κ2) is 6.39. The van der Waals surface area contributed by atoms with E-state index in [4.69, 9.17) is 0 Å². The highest BCUT2D eigenvalue weighted by Gasteiger charge is 2.18. The van der Waals surface area contributed by atoms with Gasteiger partial charge in [0.25, 0.3) is 0 Å². The number of allylic oxidation sites excluding steroid dienone is 5. The normalized spacial score (nSPS) is 12.5. The van der Waals surface area contributed by atoms with Crippen molar-refractivity contribution in [2.75, 3.05) is 0 Å². The molecule has 1 nitrogen and oxygen atoms in total. The molecule has 0 rings (SSSR count). The zero-order valence-electron chi connectivity index (χ0n) is 10.3. The summed E-state index contributed by atoms with van der Waals surface area (Å²) in [5.41, 5.74) is 1.08. The fourth-order valence-electron chi connectivity index (χ4n) is 1.37. The summed E-state index contributed by atoms with van der Waals surface area (Å²) in [5, 5.41) is 0. The molecule has 0 aromatic heterocycles. The van der Waals surface area contributed by atoms with Gasteiger partial charge in [0.05, 0.1) is 0 Å². The molecule has 0 atom stereocenters. The molecule has 84 valence electrons. The van der Waals surface area contributed by atoms with E-state index in [-0.39, 0.29) is 11.2 Å². The van der Waals surface area contributed by atoms with E-state index in [0.29, 0.717) is 6.42 Å². The Kier molecular flexibility index (Phi) is 5.92. The number of carbonyl (C=O) groups is 1. The lowest BCUT2D eigenvalue weighted by Crippen LogP contribution is -2.14. The van der Waals surface area contributed by atoms with Crippen molar-refractivity contribution >= 4 is 5.78 Å². The van der Waals surface area contributed by atoms with E-state index in [1.54, 1.807) is 12.2 Å². The van der Waals surface area contributed by atoms with Gasteiger partial charge in [-0.15, -0.1) is 0 Å². The largest absolute Gasteiger partial charge is 0.295 e. The van der Waals surface area contributed by atoms with Crippen LogP contribution in [0, 0.1) is 5.41 Å². The molecule has 0 unspecified atom stereocenters. The molecule has 0 aliphatic rings. The van der Waals surface area contributed by atoms with Gasteiger partial charge in [0, 0.05) is 6.42 Å². The standard InChI is InChI=1S/C14H22O/c1-6-8-13(15)11-14(4,5)10-7-9-12(2)3/h6-9H,2,10-11H2,1,3-5H3/b8-6+,9-7-. The third-order valence-corrected chi connectivity index (χ3v) is 2.08. The molecule has 0 fully saturated rings. The van der Waals surface area contributed by atoms with Gasteiger partial charge in [0.1, 0.15) is 0 Å². The van der Waals surface area contributed by atoms with Gasteiger partial charge in [-0.1, -0.05) is 44.2 Å². The minimum absolute atomic E-state index is 0.0303. The Morgan fingerprint density at radius 1 is 1.33 bits per heavy atom. The van der Waals surface area contributed by atoms with Crippen LogP contribution < -0.4 is 0 Å². The Bertz CT molecular complexity index is 280. The Morgan fingerprint density at radius 3 is 2.40 bits per heavy atom. The van der Waals surface area contributed by atoms with Crippen LogP contribution in [0.15, 0.2) is 36.5 Å². The fraction of sp³-hybridized carbons (Fsp3) is 0.500. The third kappa shape index (κ3) is 7.92. The number of carbonyl (C=O) groups excluding carboxylic acids is 1. The average Bonchev–Trinajstić information content (AvgIpc) is 2.01. The van der Waals surface area contributed by atoms with Gasteiger partial charge >= 0.3 is 0 Å². The Morgan fingerprint density at radius 2 is 1.93 bits per heavy atom. The van der Waals surface area contributed by atoms with Crippen molar-refractivity contribution in [3.63, 3.8) is 0 Å². The second-order valence-electron chi connectivity index (χ2n) is 4.76. The monoisotopic (exact) mass is 206 g/mol. The van der Waals surface area contributed by atoms with Gasteiger partial charge in [-0.25, -0.2) is 0 Å². The summed E-state index contributed by atoms with van der Waals surface area (Å²) < 4.78 is 0. The van der Waals surface area contributed by atoms with Gasteiger partial charge in [-0.3, -0.25) is 4.79 Å². The highest BCUT2D eigenvalue weighted by Crippen LogP contribution is 2.26. The minimum atomic E-state index is 0.0303. The smallest absolute Gasteiger partial charge is 0.155 e. The lowest BCUT2D eigenvalue weighted by molar-refractivity contribution is -0.116. The van der Waals surface area contributed by atoms with Gasteiger partial charge in [0.15, 0.2) is 5.78 Å². The van der Waals surface area contributed by atoms with Crippen LogP contribution in [0.25, 0.3) is 0 Å². The lowest BCUT2D eigenvalue weighted by Gasteiger charge is -2.20. The summed E-state index contributed by atoms with van der Waals surface area (Å²) in [5.74, 6) is 0.200. The summed E-state index contributed by atoms with van der Waals surface area (Å²) in [4.78, 5) is 11.4. The maximum absolute atomic E-state index is 11.4. The van der Waals surface area contributed by atoms with Crippen LogP contribution in [0.5, 0.6) is 0 Å². The molecule has 1 heteroatoms. The minimum Gasteiger partial charge on any atom is -0.295 e. The topological polar surface area (TPSA) is 17.1 Å². The fourth-order valence-corrected chi connectivity index (χ4v) is 1.37. The first-order valence-corrected chi connectivity index (χ1v) is 5.35. The number of hydrogen-bond donors (Lipinski definition) is 0. The highest BCUT2D eigenvalue weighted by molar-refractivity contribution is 5.89. The van der Waals surface area contributed by atoms with Crippen LogP contribution in [0.1, 0.15) is 40.5 Å². The number of rotatable bonds is 6. The molecule has 0 heterocycles. The van der Waals surface area contributed by atoms with Crippen molar-refractivity contribution in [1.29, 1.82) is 0 Å². The van der Waals surface area contributed by atoms with E-state index in [1.807, 2.05) is 19.9 Å². The second-order valence-corrected chi connectivity index (χ2v) is 4.76. The molecule has 0 radical (unpaired) electrons. The van der Waals surface area contributed by atoms with Crippen molar-refractivity contribution < 1.29 is 4.79 Å². The van der Waals surface area contributed by atoms with Gasteiger partial charge in [-0.05, 0) is 31.8 Å². The Labute approximate surface area is 93.6 Å². The van der Waals surface area contributed by atoms with Gasteiger partial charge in [-0.2, -0.15) is 0 Å². The van der Waals surface area contributed by atoms with E-state index in [1.165, 1.54) is 0 Å². The molecule has 0 aliphatic carbocycles. The van der Waals surface area contributed by atoms with E-state index >= 15 is 0 Å². The summed E-state index contributed by atoms with van der Waals surface area (Å²) in [6, 6.07) is 0. The molecule has 0 aliphatic heterocycles. The maximum atomic E-state index is 11.4. The highest BCUT2D eigenvalue weighted by atomic mass is 16.1. The first-order valence-electron chi connectivity index (χ1n) is 5.35. The first kappa shape index (κ1) is 13.9. The summed E-state index contributed by atoms with van der Waals surface area (Å²) in [6.45, 7) is 11.9. The molecule has 0 N–H and O–H groups in total. The molecule has 0 amide bonds. The van der Waals surface area contributed by atoms with Gasteiger partial charge < -0.3 is 0 Å². The van der Waals surface area contributed by atoms with E-state index < -0.39 is 0 Å². The van der Waals surface area contributed by atoms with E-state index in [2.05, 4.69) is 26.5 Å². The molecular formula is C14H22O.